The zero-order valence-corrected chi connectivity index (χ0v) is 31.2. The van der Waals surface area contributed by atoms with Gasteiger partial charge in [0.25, 0.3) is 0 Å². The molecule has 0 amide bonds. The highest BCUT2D eigenvalue weighted by Crippen LogP contribution is 2.48. The standard InChI is InChI=1S/C44H58N5/c1-8-11-12-13-21-35-32-49(46-45-35)42-33(26-28-40-43(4,5)36-22-14-16-24-38(36)47(40)30-9-2)19-18-20-34(42)27-29-41-44(6,7)37-23-15-17-25-39(37)48(41)31-10-3/h14-17,22-29,32H,8-13,18-21,30-31H2,1-7H3/q+1. The smallest absolute Gasteiger partial charge is 0.209 e. The maximum atomic E-state index is 4.80. The summed E-state index contributed by atoms with van der Waals surface area (Å²) in [6, 6.07) is 17.9. The molecule has 0 saturated heterocycles. The predicted molar refractivity (Wildman–Crippen MR) is 207 cm³/mol. The zero-order valence-electron chi connectivity index (χ0n) is 31.2. The Kier molecular flexibility index (Phi) is 10.6. The number of para-hydroxylation sites is 2. The first-order valence-electron chi connectivity index (χ1n) is 19.1. The van der Waals surface area contributed by atoms with E-state index < -0.39 is 0 Å². The third-order valence-corrected chi connectivity index (χ3v) is 10.9. The summed E-state index contributed by atoms with van der Waals surface area (Å²) in [5.41, 5.74) is 13.1. The minimum Gasteiger partial charge on any atom is -0.344 e. The third-order valence-electron chi connectivity index (χ3n) is 10.9. The van der Waals surface area contributed by atoms with Crippen LogP contribution in [0.1, 0.15) is 123 Å². The number of aromatic nitrogens is 3. The van der Waals surface area contributed by atoms with Gasteiger partial charge in [-0.1, -0.05) is 108 Å². The quantitative estimate of drug-likeness (QED) is 0.136. The average molecular weight is 657 g/mol. The van der Waals surface area contributed by atoms with Gasteiger partial charge in [-0.15, -0.1) is 5.10 Å². The average Bonchev–Trinajstić information content (AvgIpc) is 3.71. The van der Waals surface area contributed by atoms with E-state index in [0.717, 1.165) is 63.7 Å². The molecular formula is C44H58N5+. The lowest BCUT2D eigenvalue weighted by Gasteiger charge is -2.27. The minimum absolute atomic E-state index is 0.0640. The van der Waals surface area contributed by atoms with E-state index in [1.165, 1.54) is 70.0 Å². The van der Waals surface area contributed by atoms with Gasteiger partial charge >= 0.3 is 0 Å². The highest BCUT2D eigenvalue weighted by atomic mass is 15.4. The molecule has 0 N–H and O–H groups in total. The molecule has 6 rings (SSSR count). The molecule has 0 unspecified atom stereocenters. The summed E-state index contributed by atoms with van der Waals surface area (Å²) in [7, 11) is 0. The predicted octanol–water partition coefficient (Wildman–Crippen LogP) is 10.9. The van der Waals surface area contributed by atoms with Crippen molar-refractivity contribution in [2.45, 2.75) is 124 Å². The number of hydrogen-bond acceptors (Lipinski definition) is 3. The molecule has 2 aromatic carbocycles. The van der Waals surface area contributed by atoms with Crippen LogP contribution in [0.15, 0.2) is 95.9 Å². The summed E-state index contributed by atoms with van der Waals surface area (Å²) in [5, 5.41) is 9.49. The number of nitrogens with zero attached hydrogens (tertiary/aromatic N) is 5. The highest BCUT2D eigenvalue weighted by Gasteiger charge is 2.44. The number of anilines is 1. The molecule has 3 heterocycles. The van der Waals surface area contributed by atoms with E-state index in [4.69, 9.17) is 10.3 Å². The SMILES string of the molecule is CCCCCCc1cn(C2=C(/C=C/C3=[N+](CCC)c4ccccc4C3(C)C)CCC/C2=C\C=C2\N(CCC)c3ccccc3C2(C)C)nn1. The van der Waals surface area contributed by atoms with Crippen LogP contribution in [-0.2, 0) is 17.3 Å². The molecule has 0 spiro atoms. The molecule has 49 heavy (non-hydrogen) atoms. The number of benzene rings is 2. The van der Waals surface area contributed by atoms with E-state index in [0.29, 0.717) is 0 Å². The van der Waals surface area contributed by atoms with Crippen molar-refractivity contribution in [2.75, 3.05) is 18.0 Å². The van der Waals surface area contributed by atoms with Crippen LogP contribution < -0.4 is 4.90 Å². The van der Waals surface area contributed by atoms with Crippen LogP contribution in [-0.4, -0.2) is 38.4 Å². The van der Waals surface area contributed by atoms with E-state index in [2.05, 4.69) is 142 Å². The van der Waals surface area contributed by atoms with E-state index in [1.807, 2.05) is 0 Å². The molecule has 0 radical (unpaired) electrons. The van der Waals surface area contributed by atoms with Gasteiger partial charge in [0.1, 0.15) is 6.54 Å². The lowest BCUT2D eigenvalue weighted by atomic mass is 9.81. The van der Waals surface area contributed by atoms with E-state index in [1.54, 1.807) is 0 Å². The fourth-order valence-electron chi connectivity index (χ4n) is 8.36. The topological polar surface area (TPSA) is 37.0 Å². The lowest BCUT2D eigenvalue weighted by Crippen LogP contribution is -2.28. The van der Waals surface area contributed by atoms with Crippen molar-refractivity contribution in [3.05, 3.63) is 113 Å². The Morgan fingerprint density at radius 1 is 0.796 bits per heavy atom. The number of fused-ring (bicyclic) bond motifs is 2. The zero-order chi connectivity index (χ0) is 34.6. The third kappa shape index (κ3) is 6.78. The number of aryl methyl sites for hydroxylation is 1. The Labute approximate surface area is 295 Å². The summed E-state index contributed by atoms with van der Waals surface area (Å²) < 4.78 is 4.64. The highest BCUT2D eigenvalue weighted by molar-refractivity contribution is 6.03. The van der Waals surface area contributed by atoms with E-state index in [9.17, 15) is 0 Å². The van der Waals surface area contributed by atoms with Crippen molar-refractivity contribution in [1.82, 2.24) is 15.0 Å². The van der Waals surface area contributed by atoms with E-state index >= 15 is 0 Å². The Bertz CT molecular complexity index is 1810. The first-order valence-corrected chi connectivity index (χ1v) is 19.1. The van der Waals surface area contributed by atoms with Gasteiger partial charge in [-0.05, 0) is 81.2 Å². The molecule has 0 fully saturated rings. The fraction of sp³-hybridized carbons (Fsp3) is 0.477. The van der Waals surface area contributed by atoms with Gasteiger partial charge in [-0.3, -0.25) is 0 Å². The van der Waals surface area contributed by atoms with Crippen LogP contribution in [0.2, 0.25) is 0 Å². The van der Waals surface area contributed by atoms with Crippen molar-refractivity contribution in [1.29, 1.82) is 0 Å². The van der Waals surface area contributed by atoms with Crippen LogP contribution in [0.5, 0.6) is 0 Å². The molecule has 1 aromatic heterocycles. The van der Waals surface area contributed by atoms with Gasteiger partial charge in [0.15, 0.2) is 5.71 Å². The van der Waals surface area contributed by atoms with Gasteiger partial charge in [0, 0.05) is 47.5 Å². The monoisotopic (exact) mass is 656 g/mol. The van der Waals surface area contributed by atoms with Crippen molar-refractivity contribution in [2.24, 2.45) is 0 Å². The molecular weight excluding hydrogens is 599 g/mol. The summed E-state index contributed by atoms with van der Waals surface area (Å²) in [4.78, 5) is 2.54. The van der Waals surface area contributed by atoms with Crippen molar-refractivity contribution < 1.29 is 4.58 Å². The molecule has 5 heteroatoms. The Morgan fingerprint density at radius 2 is 1.57 bits per heavy atom. The number of hydrogen-bond donors (Lipinski definition) is 0. The van der Waals surface area contributed by atoms with Gasteiger partial charge in [0.05, 0.1) is 23.0 Å². The second-order valence-corrected chi connectivity index (χ2v) is 15.2. The molecule has 5 nitrogen and oxygen atoms in total. The first-order chi connectivity index (χ1) is 23.7. The Morgan fingerprint density at radius 3 is 2.35 bits per heavy atom. The first kappa shape index (κ1) is 34.9. The largest absolute Gasteiger partial charge is 0.344 e. The number of allylic oxidation sites excluding steroid dienone is 8. The summed E-state index contributed by atoms with van der Waals surface area (Å²) in [6.07, 6.45) is 23.1. The molecule has 258 valence electrons. The van der Waals surface area contributed by atoms with Gasteiger partial charge < -0.3 is 4.90 Å². The summed E-state index contributed by atoms with van der Waals surface area (Å²) >= 11 is 0. The fourth-order valence-corrected chi connectivity index (χ4v) is 8.36. The molecule has 1 aliphatic carbocycles. The van der Waals surface area contributed by atoms with Gasteiger partial charge in [-0.2, -0.15) is 4.58 Å². The second-order valence-electron chi connectivity index (χ2n) is 15.2. The minimum atomic E-state index is -0.0640. The molecule has 0 atom stereocenters. The number of rotatable bonds is 13. The van der Waals surface area contributed by atoms with Gasteiger partial charge in [0.2, 0.25) is 5.69 Å². The molecule has 3 aliphatic rings. The van der Waals surface area contributed by atoms with Crippen LogP contribution in [0, 0.1) is 0 Å². The maximum Gasteiger partial charge on any atom is 0.209 e. The van der Waals surface area contributed by atoms with Crippen LogP contribution in [0.25, 0.3) is 5.70 Å². The van der Waals surface area contributed by atoms with Crippen LogP contribution >= 0.6 is 0 Å². The Balaban J connectivity index is 1.44. The van der Waals surface area contributed by atoms with Crippen LogP contribution in [0.4, 0.5) is 11.4 Å². The lowest BCUT2D eigenvalue weighted by molar-refractivity contribution is -0.437. The van der Waals surface area contributed by atoms with Crippen LogP contribution in [0.3, 0.4) is 0 Å². The van der Waals surface area contributed by atoms with Gasteiger partial charge in [-0.25, -0.2) is 4.68 Å². The van der Waals surface area contributed by atoms with Crippen molar-refractivity contribution in [3.8, 4) is 0 Å². The molecule has 0 bridgehead atoms. The second kappa shape index (κ2) is 14.9. The molecule has 0 saturated carbocycles. The summed E-state index contributed by atoms with van der Waals surface area (Å²) in [6.45, 7) is 18.4. The van der Waals surface area contributed by atoms with Crippen molar-refractivity contribution >= 4 is 22.8 Å². The van der Waals surface area contributed by atoms with E-state index in [-0.39, 0.29) is 10.8 Å². The van der Waals surface area contributed by atoms with Crippen molar-refractivity contribution in [3.63, 3.8) is 0 Å². The summed E-state index contributed by atoms with van der Waals surface area (Å²) in [5.74, 6) is 0. The Hall–Kier alpha value is -3.99. The maximum absolute atomic E-state index is 4.80. The normalized spacial score (nSPS) is 19.9. The molecule has 3 aromatic rings. The number of unbranched alkanes of at least 4 members (excludes halogenated alkanes) is 3. The molecule has 2 aliphatic heterocycles.